The van der Waals surface area contributed by atoms with Crippen molar-refractivity contribution in [2.45, 2.75) is 6.42 Å². The summed E-state index contributed by atoms with van der Waals surface area (Å²) >= 11 is 3.41. The van der Waals surface area contributed by atoms with Crippen LogP contribution in [0.25, 0.3) is 0 Å². The molecule has 0 aliphatic carbocycles. The predicted octanol–water partition coefficient (Wildman–Crippen LogP) is 1.42. The number of amides is 1. The first-order valence-electron chi connectivity index (χ1n) is 5.36. The van der Waals surface area contributed by atoms with Gasteiger partial charge in [0.2, 0.25) is 0 Å². The lowest BCUT2D eigenvalue weighted by molar-refractivity contribution is -0.130. The summed E-state index contributed by atoms with van der Waals surface area (Å²) < 4.78 is 6.27. The summed E-state index contributed by atoms with van der Waals surface area (Å²) in [6.07, 6.45) is 0.829. The minimum Gasteiger partial charge on any atom is -0.483 e. The highest BCUT2D eigenvalue weighted by atomic mass is 79.9. The number of hydrogen-bond acceptors (Lipinski definition) is 3. The summed E-state index contributed by atoms with van der Waals surface area (Å²) in [5, 5.41) is 0. The molecule has 0 saturated carbocycles. The van der Waals surface area contributed by atoms with Crippen LogP contribution in [0.1, 0.15) is 5.56 Å². The van der Waals surface area contributed by atoms with Crippen LogP contribution in [0.5, 0.6) is 5.75 Å². The van der Waals surface area contributed by atoms with Crippen molar-refractivity contribution in [2.75, 3.05) is 27.2 Å². The molecule has 0 saturated heterocycles. The number of rotatable bonds is 5. The van der Waals surface area contributed by atoms with E-state index >= 15 is 0 Å². The van der Waals surface area contributed by atoms with Gasteiger partial charge in [0.05, 0.1) is 4.47 Å². The molecule has 0 bridgehead atoms. The van der Waals surface area contributed by atoms with Gasteiger partial charge in [-0.3, -0.25) is 4.79 Å². The largest absolute Gasteiger partial charge is 0.483 e. The van der Waals surface area contributed by atoms with E-state index in [-0.39, 0.29) is 12.5 Å². The molecule has 1 rings (SSSR count). The van der Waals surface area contributed by atoms with Crippen LogP contribution in [0.3, 0.4) is 0 Å². The van der Waals surface area contributed by atoms with Gasteiger partial charge in [-0.25, -0.2) is 0 Å². The topological polar surface area (TPSA) is 55.6 Å². The average molecular weight is 301 g/mol. The minimum atomic E-state index is -0.0667. The van der Waals surface area contributed by atoms with E-state index in [1.54, 1.807) is 14.1 Å². The Morgan fingerprint density at radius 3 is 2.71 bits per heavy atom. The van der Waals surface area contributed by atoms with Gasteiger partial charge in [-0.05, 0) is 46.6 Å². The van der Waals surface area contributed by atoms with Crippen molar-refractivity contribution in [2.24, 2.45) is 5.73 Å². The van der Waals surface area contributed by atoms with Crippen LogP contribution >= 0.6 is 15.9 Å². The van der Waals surface area contributed by atoms with Crippen LogP contribution in [0, 0.1) is 0 Å². The molecule has 5 heteroatoms. The third-order valence-corrected chi connectivity index (χ3v) is 2.90. The first kappa shape index (κ1) is 14.0. The molecule has 0 heterocycles. The summed E-state index contributed by atoms with van der Waals surface area (Å²) in [6, 6.07) is 5.76. The highest BCUT2D eigenvalue weighted by molar-refractivity contribution is 9.10. The molecule has 2 N–H and O–H groups in total. The fraction of sp³-hybridized carbons (Fsp3) is 0.417. The highest BCUT2D eigenvalue weighted by Crippen LogP contribution is 2.26. The lowest BCUT2D eigenvalue weighted by Crippen LogP contribution is -2.27. The third-order valence-electron chi connectivity index (χ3n) is 2.28. The van der Waals surface area contributed by atoms with Gasteiger partial charge < -0.3 is 15.4 Å². The molecule has 0 aliphatic heterocycles. The summed E-state index contributed by atoms with van der Waals surface area (Å²) in [7, 11) is 3.40. The monoisotopic (exact) mass is 300 g/mol. The van der Waals surface area contributed by atoms with Crippen molar-refractivity contribution in [3.8, 4) is 5.75 Å². The molecule has 0 aliphatic rings. The molecule has 1 amide bonds. The summed E-state index contributed by atoms with van der Waals surface area (Å²) in [4.78, 5) is 12.9. The number of carbonyl (C=O) groups excluding carboxylic acids is 1. The molecular formula is C12H17BrN2O2. The standard InChI is InChI=1S/C12H17BrN2O2/c1-15(2)12(16)8-17-11-4-3-9(5-6-14)7-10(11)13/h3-4,7H,5-6,8,14H2,1-2H3. The fourth-order valence-corrected chi connectivity index (χ4v) is 1.79. The van der Waals surface area contributed by atoms with Crippen LogP contribution in [-0.4, -0.2) is 38.1 Å². The van der Waals surface area contributed by atoms with E-state index in [0.717, 1.165) is 16.5 Å². The number of likely N-dealkylation sites (N-methyl/N-ethyl adjacent to an activating group) is 1. The molecule has 0 radical (unpaired) electrons. The number of nitrogens with zero attached hydrogens (tertiary/aromatic N) is 1. The Labute approximate surface area is 110 Å². The van der Waals surface area contributed by atoms with Gasteiger partial charge in [-0.15, -0.1) is 0 Å². The molecule has 0 unspecified atom stereocenters. The second kappa shape index (κ2) is 6.61. The summed E-state index contributed by atoms with van der Waals surface area (Å²) in [6.45, 7) is 0.660. The maximum atomic E-state index is 11.4. The molecule has 17 heavy (non-hydrogen) atoms. The van der Waals surface area contributed by atoms with Gasteiger partial charge in [-0.2, -0.15) is 0 Å². The van der Waals surface area contributed by atoms with E-state index in [0.29, 0.717) is 12.3 Å². The molecular weight excluding hydrogens is 284 g/mol. The van der Waals surface area contributed by atoms with Crippen LogP contribution in [0.15, 0.2) is 22.7 Å². The quantitative estimate of drug-likeness (QED) is 0.895. The number of benzene rings is 1. The van der Waals surface area contributed by atoms with Crippen LogP contribution < -0.4 is 10.5 Å². The van der Waals surface area contributed by atoms with Gasteiger partial charge in [0.25, 0.3) is 5.91 Å². The average Bonchev–Trinajstić information content (AvgIpc) is 2.27. The zero-order chi connectivity index (χ0) is 12.8. The third kappa shape index (κ3) is 4.36. The molecule has 4 nitrogen and oxygen atoms in total. The molecule has 0 atom stereocenters. The highest BCUT2D eigenvalue weighted by Gasteiger charge is 2.07. The molecule has 0 aromatic heterocycles. The molecule has 94 valence electrons. The van der Waals surface area contributed by atoms with E-state index in [9.17, 15) is 4.79 Å². The van der Waals surface area contributed by atoms with Crippen molar-refractivity contribution in [3.05, 3.63) is 28.2 Å². The number of hydrogen-bond donors (Lipinski definition) is 1. The normalized spacial score (nSPS) is 10.1. The van der Waals surface area contributed by atoms with Crippen LogP contribution in [0.4, 0.5) is 0 Å². The van der Waals surface area contributed by atoms with Crippen molar-refractivity contribution in [1.82, 2.24) is 4.90 Å². The second-order valence-electron chi connectivity index (χ2n) is 3.88. The first-order chi connectivity index (χ1) is 8.04. The Morgan fingerprint density at radius 2 is 2.18 bits per heavy atom. The molecule has 0 spiro atoms. The zero-order valence-electron chi connectivity index (χ0n) is 10.1. The Hall–Kier alpha value is -1.07. The van der Waals surface area contributed by atoms with Crippen LogP contribution in [0.2, 0.25) is 0 Å². The van der Waals surface area contributed by atoms with E-state index in [1.807, 2.05) is 18.2 Å². The predicted molar refractivity (Wildman–Crippen MR) is 71.1 cm³/mol. The number of halogens is 1. The van der Waals surface area contributed by atoms with Crippen molar-refractivity contribution >= 4 is 21.8 Å². The molecule has 1 aromatic rings. The lowest BCUT2D eigenvalue weighted by atomic mass is 10.1. The van der Waals surface area contributed by atoms with Gasteiger partial charge in [0.1, 0.15) is 5.75 Å². The Kier molecular flexibility index (Phi) is 5.44. The van der Waals surface area contributed by atoms with Crippen LogP contribution in [-0.2, 0) is 11.2 Å². The van der Waals surface area contributed by atoms with E-state index in [4.69, 9.17) is 10.5 Å². The Bertz CT molecular complexity index is 394. The maximum Gasteiger partial charge on any atom is 0.259 e. The van der Waals surface area contributed by atoms with Gasteiger partial charge in [0.15, 0.2) is 6.61 Å². The van der Waals surface area contributed by atoms with E-state index < -0.39 is 0 Å². The lowest BCUT2D eigenvalue weighted by Gasteiger charge is -2.12. The van der Waals surface area contributed by atoms with Gasteiger partial charge >= 0.3 is 0 Å². The molecule has 0 fully saturated rings. The first-order valence-corrected chi connectivity index (χ1v) is 6.15. The smallest absolute Gasteiger partial charge is 0.259 e. The van der Waals surface area contributed by atoms with Crippen molar-refractivity contribution in [3.63, 3.8) is 0 Å². The van der Waals surface area contributed by atoms with Gasteiger partial charge in [0, 0.05) is 14.1 Å². The number of carbonyl (C=O) groups is 1. The Morgan fingerprint density at radius 1 is 1.47 bits per heavy atom. The fourth-order valence-electron chi connectivity index (χ4n) is 1.25. The van der Waals surface area contributed by atoms with E-state index in [2.05, 4.69) is 15.9 Å². The maximum absolute atomic E-state index is 11.4. The molecule has 1 aromatic carbocycles. The zero-order valence-corrected chi connectivity index (χ0v) is 11.7. The Balaban J connectivity index is 2.63. The second-order valence-corrected chi connectivity index (χ2v) is 4.73. The van der Waals surface area contributed by atoms with E-state index in [1.165, 1.54) is 4.90 Å². The summed E-state index contributed by atoms with van der Waals surface area (Å²) in [5.41, 5.74) is 6.63. The number of ether oxygens (including phenoxy) is 1. The minimum absolute atomic E-state index is 0.0435. The van der Waals surface area contributed by atoms with Crippen molar-refractivity contribution < 1.29 is 9.53 Å². The van der Waals surface area contributed by atoms with Gasteiger partial charge in [-0.1, -0.05) is 6.07 Å². The van der Waals surface area contributed by atoms with Crippen molar-refractivity contribution in [1.29, 1.82) is 0 Å². The SMILES string of the molecule is CN(C)C(=O)COc1ccc(CCN)cc1Br. The summed E-state index contributed by atoms with van der Waals surface area (Å²) in [5.74, 6) is 0.601. The number of nitrogens with two attached hydrogens (primary N) is 1.